The van der Waals surface area contributed by atoms with E-state index in [9.17, 15) is 4.79 Å². The van der Waals surface area contributed by atoms with Crippen molar-refractivity contribution in [3.05, 3.63) is 28.8 Å². The van der Waals surface area contributed by atoms with Gasteiger partial charge in [0, 0.05) is 6.54 Å². The molecule has 0 unspecified atom stereocenters. The minimum Gasteiger partial charge on any atom is -0.495 e. The van der Waals surface area contributed by atoms with Gasteiger partial charge in [-0.1, -0.05) is 31.5 Å². The molecule has 0 saturated carbocycles. The standard InChI is InChI=1S/C13H18ClNO3/c1-8(2)12(13(16)17)15-7-9-4-5-11(18-3)10(14)6-9/h4-6,8,12,15H,7H2,1-3H3,(H,16,17)/t12-/m1/s1. The Hall–Kier alpha value is -1.26. The highest BCUT2D eigenvalue weighted by Gasteiger charge is 2.20. The lowest BCUT2D eigenvalue weighted by Crippen LogP contribution is -2.40. The fraction of sp³-hybridized carbons (Fsp3) is 0.462. The first-order valence-electron chi connectivity index (χ1n) is 5.74. The van der Waals surface area contributed by atoms with Gasteiger partial charge >= 0.3 is 5.97 Å². The molecule has 1 aromatic rings. The largest absolute Gasteiger partial charge is 0.495 e. The topological polar surface area (TPSA) is 58.6 Å². The monoisotopic (exact) mass is 271 g/mol. The molecule has 0 aliphatic carbocycles. The van der Waals surface area contributed by atoms with Crippen LogP contribution in [-0.4, -0.2) is 24.2 Å². The van der Waals surface area contributed by atoms with Gasteiger partial charge in [-0.05, 0) is 23.6 Å². The van der Waals surface area contributed by atoms with Crippen LogP contribution >= 0.6 is 11.6 Å². The molecule has 1 atom stereocenters. The number of methoxy groups -OCH3 is 1. The maximum atomic E-state index is 11.0. The third kappa shape index (κ3) is 3.89. The summed E-state index contributed by atoms with van der Waals surface area (Å²) < 4.78 is 5.06. The van der Waals surface area contributed by atoms with Crippen molar-refractivity contribution in [3.8, 4) is 5.75 Å². The summed E-state index contributed by atoms with van der Waals surface area (Å²) in [4.78, 5) is 11.0. The second-order valence-electron chi connectivity index (χ2n) is 4.41. The number of ether oxygens (including phenoxy) is 1. The maximum absolute atomic E-state index is 11.0. The number of halogens is 1. The molecule has 0 aliphatic heterocycles. The fourth-order valence-corrected chi connectivity index (χ4v) is 1.94. The van der Waals surface area contributed by atoms with Gasteiger partial charge < -0.3 is 15.2 Å². The third-order valence-corrected chi connectivity index (χ3v) is 2.97. The van der Waals surface area contributed by atoms with Crippen molar-refractivity contribution in [2.75, 3.05) is 7.11 Å². The van der Waals surface area contributed by atoms with Crippen molar-refractivity contribution < 1.29 is 14.6 Å². The van der Waals surface area contributed by atoms with Crippen LogP contribution in [0.4, 0.5) is 0 Å². The number of carbonyl (C=O) groups is 1. The summed E-state index contributed by atoms with van der Waals surface area (Å²) in [6.45, 7) is 4.19. The zero-order valence-electron chi connectivity index (χ0n) is 10.7. The van der Waals surface area contributed by atoms with Gasteiger partial charge in [-0.3, -0.25) is 4.79 Å². The molecule has 0 radical (unpaired) electrons. The van der Waals surface area contributed by atoms with Gasteiger partial charge in [-0.2, -0.15) is 0 Å². The Kier molecular flexibility index (Phi) is 5.44. The second-order valence-corrected chi connectivity index (χ2v) is 4.82. The van der Waals surface area contributed by atoms with Crippen LogP contribution in [0.25, 0.3) is 0 Å². The lowest BCUT2D eigenvalue weighted by Gasteiger charge is -2.18. The van der Waals surface area contributed by atoms with Crippen molar-refractivity contribution in [2.45, 2.75) is 26.4 Å². The number of hydrogen-bond acceptors (Lipinski definition) is 3. The molecule has 18 heavy (non-hydrogen) atoms. The minimum atomic E-state index is -0.843. The molecule has 0 bridgehead atoms. The number of nitrogens with one attached hydrogen (secondary N) is 1. The molecule has 0 saturated heterocycles. The molecule has 0 amide bonds. The second kappa shape index (κ2) is 6.61. The van der Waals surface area contributed by atoms with E-state index in [-0.39, 0.29) is 5.92 Å². The molecule has 0 aliphatic rings. The van der Waals surface area contributed by atoms with Crippen molar-refractivity contribution in [1.82, 2.24) is 5.32 Å². The predicted octanol–water partition coefficient (Wildman–Crippen LogP) is 2.55. The SMILES string of the molecule is COc1ccc(CN[C@@H](C(=O)O)C(C)C)cc1Cl. The van der Waals surface area contributed by atoms with Gasteiger partial charge in [0.05, 0.1) is 12.1 Å². The summed E-state index contributed by atoms with van der Waals surface area (Å²) in [7, 11) is 1.55. The molecule has 4 nitrogen and oxygen atoms in total. The van der Waals surface area contributed by atoms with E-state index in [1.54, 1.807) is 19.2 Å². The quantitative estimate of drug-likeness (QED) is 0.835. The van der Waals surface area contributed by atoms with Gasteiger partial charge in [0.15, 0.2) is 0 Å². The van der Waals surface area contributed by atoms with Crippen LogP contribution in [-0.2, 0) is 11.3 Å². The molecule has 0 spiro atoms. The highest BCUT2D eigenvalue weighted by atomic mass is 35.5. The Morgan fingerprint density at radius 2 is 2.17 bits per heavy atom. The molecular weight excluding hydrogens is 254 g/mol. The zero-order chi connectivity index (χ0) is 13.7. The Labute approximate surface area is 112 Å². The van der Waals surface area contributed by atoms with Crippen LogP contribution in [0.5, 0.6) is 5.75 Å². The molecule has 5 heteroatoms. The molecule has 0 heterocycles. The van der Waals surface area contributed by atoms with E-state index in [1.165, 1.54) is 0 Å². The van der Waals surface area contributed by atoms with Gasteiger partial charge in [0.2, 0.25) is 0 Å². The Morgan fingerprint density at radius 3 is 2.61 bits per heavy atom. The first-order chi connectivity index (χ1) is 8.45. The third-order valence-electron chi connectivity index (χ3n) is 2.68. The lowest BCUT2D eigenvalue weighted by atomic mass is 10.0. The van der Waals surface area contributed by atoms with E-state index in [2.05, 4.69) is 5.32 Å². The number of aliphatic carboxylic acids is 1. The van der Waals surface area contributed by atoms with Crippen molar-refractivity contribution >= 4 is 17.6 Å². The molecule has 1 aromatic carbocycles. The Balaban J connectivity index is 2.68. The summed E-state index contributed by atoms with van der Waals surface area (Å²) >= 11 is 6.00. The average molecular weight is 272 g/mol. The van der Waals surface area contributed by atoms with Crippen molar-refractivity contribution in [1.29, 1.82) is 0 Å². The number of benzene rings is 1. The maximum Gasteiger partial charge on any atom is 0.320 e. The van der Waals surface area contributed by atoms with Crippen LogP contribution in [0.1, 0.15) is 19.4 Å². The van der Waals surface area contributed by atoms with Crippen molar-refractivity contribution in [2.24, 2.45) is 5.92 Å². The van der Waals surface area contributed by atoms with E-state index in [0.29, 0.717) is 17.3 Å². The van der Waals surface area contributed by atoms with Crippen LogP contribution in [0.15, 0.2) is 18.2 Å². The summed E-state index contributed by atoms with van der Waals surface area (Å²) in [5.41, 5.74) is 0.924. The summed E-state index contributed by atoms with van der Waals surface area (Å²) in [5.74, 6) is -0.208. The van der Waals surface area contributed by atoms with Crippen LogP contribution in [0.2, 0.25) is 5.02 Å². The lowest BCUT2D eigenvalue weighted by molar-refractivity contribution is -0.140. The number of carboxylic acid groups (broad SMARTS) is 1. The Morgan fingerprint density at radius 1 is 1.50 bits per heavy atom. The molecule has 100 valence electrons. The van der Waals surface area contributed by atoms with E-state index in [4.69, 9.17) is 21.4 Å². The first kappa shape index (κ1) is 14.8. The van der Waals surface area contributed by atoms with Crippen molar-refractivity contribution in [3.63, 3.8) is 0 Å². The van der Waals surface area contributed by atoms with Gasteiger partial charge in [0.1, 0.15) is 11.8 Å². The van der Waals surface area contributed by atoms with Crippen LogP contribution in [0.3, 0.4) is 0 Å². The number of hydrogen-bond donors (Lipinski definition) is 2. The van der Waals surface area contributed by atoms with Gasteiger partial charge in [-0.15, -0.1) is 0 Å². The molecule has 1 rings (SSSR count). The van der Waals surface area contributed by atoms with Gasteiger partial charge in [0.25, 0.3) is 0 Å². The fourth-order valence-electron chi connectivity index (χ4n) is 1.66. The summed E-state index contributed by atoms with van der Waals surface area (Å²) in [6.07, 6.45) is 0. The molecule has 2 N–H and O–H groups in total. The Bertz CT molecular complexity index is 421. The number of rotatable bonds is 6. The highest BCUT2D eigenvalue weighted by molar-refractivity contribution is 6.32. The molecule has 0 fully saturated rings. The normalized spacial score (nSPS) is 12.5. The van der Waals surface area contributed by atoms with E-state index in [1.807, 2.05) is 19.9 Å². The summed E-state index contributed by atoms with van der Waals surface area (Å²) in [6, 6.07) is 4.83. The number of carboxylic acids is 1. The minimum absolute atomic E-state index is 0.0243. The van der Waals surface area contributed by atoms with Crippen LogP contribution < -0.4 is 10.1 Å². The van der Waals surface area contributed by atoms with E-state index >= 15 is 0 Å². The zero-order valence-corrected chi connectivity index (χ0v) is 11.5. The van der Waals surface area contributed by atoms with E-state index in [0.717, 1.165) is 5.56 Å². The predicted molar refractivity (Wildman–Crippen MR) is 71.1 cm³/mol. The van der Waals surface area contributed by atoms with E-state index < -0.39 is 12.0 Å². The molecule has 0 aromatic heterocycles. The molecular formula is C13H18ClNO3. The van der Waals surface area contributed by atoms with Gasteiger partial charge in [-0.25, -0.2) is 0 Å². The average Bonchev–Trinajstić information content (AvgIpc) is 2.28. The summed E-state index contributed by atoms with van der Waals surface area (Å²) in [5, 5.41) is 12.6. The highest BCUT2D eigenvalue weighted by Crippen LogP contribution is 2.24. The smallest absolute Gasteiger partial charge is 0.320 e. The van der Waals surface area contributed by atoms with Crippen LogP contribution in [0, 0.1) is 5.92 Å². The first-order valence-corrected chi connectivity index (χ1v) is 6.12.